The summed E-state index contributed by atoms with van der Waals surface area (Å²) in [5.41, 5.74) is 5.46. The number of aromatic nitrogens is 1. The number of nitrogens with one attached hydrogen (secondary N) is 1. The monoisotopic (exact) mass is 521 g/mol. The van der Waals surface area contributed by atoms with E-state index in [-0.39, 0.29) is 22.8 Å². The molecule has 1 aliphatic heterocycles. The van der Waals surface area contributed by atoms with E-state index in [1.807, 2.05) is 24.3 Å². The van der Waals surface area contributed by atoms with Crippen LogP contribution in [0.15, 0.2) is 78.5 Å². The molecule has 2 heterocycles. The van der Waals surface area contributed by atoms with Gasteiger partial charge in [0.25, 0.3) is 5.69 Å². The first-order valence-electron chi connectivity index (χ1n) is 12.5. The Morgan fingerprint density at radius 1 is 1.05 bits per heavy atom. The first-order chi connectivity index (χ1) is 18.9. The van der Waals surface area contributed by atoms with Crippen molar-refractivity contribution in [2.75, 3.05) is 12.4 Å². The van der Waals surface area contributed by atoms with E-state index in [0.29, 0.717) is 12.2 Å². The predicted molar refractivity (Wildman–Crippen MR) is 145 cm³/mol. The van der Waals surface area contributed by atoms with Gasteiger partial charge in [-0.3, -0.25) is 19.9 Å². The highest BCUT2D eigenvalue weighted by molar-refractivity contribution is 6.12. The fourth-order valence-electron chi connectivity index (χ4n) is 5.36. The molecule has 0 bridgehead atoms. The van der Waals surface area contributed by atoms with Crippen LogP contribution in [0.2, 0.25) is 0 Å². The maximum Gasteiger partial charge on any atom is 0.343 e. The van der Waals surface area contributed by atoms with Crippen molar-refractivity contribution in [1.29, 1.82) is 0 Å². The van der Waals surface area contributed by atoms with Crippen LogP contribution in [0, 0.1) is 10.1 Å². The molecule has 39 heavy (non-hydrogen) atoms. The zero-order valence-corrected chi connectivity index (χ0v) is 21.0. The van der Waals surface area contributed by atoms with Gasteiger partial charge in [-0.1, -0.05) is 12.1 Å². The molecule has 1 unspecified atom stereocenters. The Balaban J connectivity index is 1.36. The summed E-state index contributed by atoms with van der Waals surface area (Å²) in [7, 11) is 1.47. The minimum absolute atomic E-state index is 0.105. The van der Waals surface area contributed by atoms with Gasteiger partial charge in [-0.05, 0) is 66.4 Å². The van der Waals surface area contributed by atoms with Crippen molar-refractivity contribution in [2.24, 2.45) is 0 Å². The lowest BCUT2D eigenvalue weighted by atomic mass is 9.77. The average Bonchev–Trinajstić information content (AvgIpc) is 2.96. The predicted octanol–water partition coefficient (Wildman–Crippen LogP) is 6.04. The number of esters is 1. The van der Waals surface area contributed by atoms with Gasteiger partial charge in [0.1, 0.15) is 0 Å². The summed E-state index contributed by atoms with van der Waals surface area (Å²) in [6.07, 6.45) is 3.83. The number of fused-ring (bicyclic) bond motifs is 4. The average molecular weight is 522 g/mol. The number of nitrogens with zero attached hydrogens (tertiary/aromatic N) is 2. The Hall–Kier alpha value is -5.05. The Kier molecular flexibility index (Phi) is 6.03. The first-order valence-corrected chi connectivity index (χ1v) is 12.5. The lowest BCUT2D eigenvalue weighted by Crippen LogP contribution is -2.27. The van der Waals surface area contributed by atoms with Gasteiger partial charge in [0.15, 0.2) is 17.3 Å². The maximum atomic E-state index is 13.3. The van der Waals surface area contributed by atoms with E-state index < -0.39 is 16.9 Å². The molecule has 4 aromatic rings. The van der Waals surface area contributed by atoms with Crippen LogP contribution < -0.4 is 14.8 Å². The lowest BCUT2D eigenvalue weighted by Gasteiger charge is -2.35. The maximum absolute atomic E-state index is 13.3. The van der Waals surface area contributed by atoms with Gasteiger partial charge >= 0.3 is 5.97 Å². The number of rotatable bonds is 5. The minimum atomic E-state index is -0.673. The molecule has 9 heteroatoms. The quantitative estimate of drug-likeness (QED) is 0.146. The van der Waals surface area contributed by atoms with Gasteiger partial charge in [-0.2, -0.15) is 0 Å². The summed E-state index contributed by atoms with van der Waals surface area (Å²) in [6.45, 7) is 0. The number of anilines is 1. The molecule has 0 saturated carbocycles. The van der Waals surface area contributed by atoms with Crippen LogP contribution in [0.1, 0.15) is 46.8 Å². The molecule has 1 aliphatic carbocycles. The molecule has 1 aromatic heterocycles. The second-order valence-electron chi connectivity index (χ2n) is 9.41. The second-order valence-corrected chi connectivity index (χ2v) is 9.41. The molecular weight excluding hydrogens is 498 g/mol. The molecule has 0 fully saturated rings. The summed E-state index contributed by atoms with van der Waals surface area (Å²) < 4.78 is 11.1. The Morgan fingerprint density at radius 2 is 1.87 bits per heavy atom. The highest BCUT2D eigenvalue weighted by Gasteiger charge is 2.35. The molecule has 1 N–H and O–H groups in total. The number of hydrogen-bond acceptors (Lipinski definition) is 8. The first kappa shape index (κ1) is 24.3. The van der Waals surface area contributed by atoms with Gasteiger partial charge in [0, 0.05) is 47.0 Å². The molecule has 9 nitrogen and oxygen atoms in total. The van der Waals surface area contributed by atoms with Crippen molar-refractivity contribution in [2.45, 2.75) is 25.3 Å². The highest BCUT2D eigenvalue weighted by atomic mass is 16.6. The van der Waals surface area contributed by atoms with Gasteiger partial charge < -0.3 is 14.8 Å². The molecule has 0 spiro atoms. The van der Waals surface area contributed by atoms with Gasteiger partial charge in [-0.25, -0.2) is 4.79 Å². The topological polar surface area (TPSA) is 121 Å². The van der Waals surface area contributed by atoms with E-state index in [4.69, 9.17) is 9.47 Å². The fraction of sp³-hybridized carbons (Fsp3) is 0.167. The number of carbonyl (C=O) groups is 2. The number of ketones is 1. The largest absolute Gasteiger partial charge is 0.493 e. The van der Waals surface area contributed by atoms with Crippen LogP contribution in [-0.2, 0) is 4.79 Å². The third kappa shape index (κ3) is 4.27. The summed E-state index contributed by atoms with van der Waals surface area (Å²) in [5, 5.41) is 15.5. The Morgan fingerprint density at radius 3 is 2.64 bits per heavy atom. The van der Waals surface area contributed by atoms with Gasteiger partial charge in [-0.15, -0.1) is 0 Å². The number of hydrogen-bond donors (Lipinski definition) is 1. The highest BCUT2D eigenvalue weighted by Crippen LogP contribution is 2.48. The number of Topliss-reactive ketones (excluding diaryl/α,β-unsaturated/α-hetero) is 1. The van der Waals surface area contributed by atoms with Crippen LogP contribution in [0.3, 0.4) is 0 Å². The van der Waals surface area contributed by atoms with Crippen molar-refractivity contribution in [1.82, 2.24) is 4.98 Å². The van der Waals surface area contributed by atoms with Crippen molar-refractivity contribution in [3.63, 3.8) is 0 Å². The summed E-state index contributed by atoms with van der Waals surface area (Å²) in [6, 6.07) is 17.9. The molecular formula is C30H23N3O6. The number of pyridine rings is 1. The summed E-state index contributed by atoms with van der Waals surface area (Å²) >= 11 is 0. The molecule has 0 saturated heterocycles. The number of nitro groups is 1. The van der Waals surface area contributed by atoms with Crippen molar-refractivity contribution >= 4 is 39.6 Å². The van der Waals surface area contributed by atoms with Crippen LogP contribution >= 0.6 is 0 Å². The van der Waals surface area contributed by atoms with Crippen molar-refractivity contribution < 1.29 is 24.0 Å². The van der Waals surface area contributed by atoms with Crippen LogP contribution in [-0.4, -0.2) is 28.8 Å². The Labute approximate surface area is 223 Å². The minimum Gasteiger partial charge on any atom is -0.493 e. The molecule has 2 aliphatic rings. The van der Waals surface area contributed by atoms with Crippen molar-refractivity contribution in [3.8, 4) is 11.5 Å². The van der Waals surface area contributed by atoms with Crippen LogP contribution in [0.5, 0.6) is 11.5 Å². The molecule has 0 radical (unpaired) electrons. The molecule has 194 valence electrons. The number of benzene rings is 3. The van der Waals surface area contributed by atoms with Crippen LogP contribution in [0.4, 0.5) is 11.4 Å². The van der Waals surface area contributed by atoms with E-state index in [9.17, 15) is 19.7 Å². The lowest BCUT2D eigenvalue weighted by molar-refractivity contribution is -0.384. The normalized spacial score (nSPS) is 16.2. The number of nitro benzene ring substituents is 1. The summed E-state index contributed by atoms with van der Waals surface area (Å²) in [5.74, 6) is -0.0490. The van der Waals surface area contributed by atoms with E-state index >= 15 is 0 Å². The Bertz CT molecular complexity index is 1690. The van der Waals surface area contributed by atoms with E-state index in [2.05, 4.69) is 10.3 Å². The molecule has 1 atom stereocenters. The smallest absolute Gasteiger partial charge is 0.343 e. The number of ether oxygens (including phenoxy) is 2. The fourth-order valence-corrected chi connectivity index (χ4v) is 5.36. The number of methoxy groups -OCH3 is 1. The number of non-ortho nitro benzene ring substituents is 1. The zero-order valence-electron chi connectivity index (χ0n) is 21.0. The van der Waals surface area contributed by atoms with Crippen molar-refractivity contribution in [3.05, 3.63) is 105 Å². The number of carbonyl (C=O) groups excluding carboxylic acids is 2. The molecule has 6 rings (SSSR count). The SMILES string of the molecule is COc1cc(C2Nc3ccc4ncccc4c3C3=C2C(=O)CCC3)ccc1OC(=O)c1ccc([N+](=O)[O-])cc1. The second kappa shape index (κ2) is 9.68. The zero-order chi connectivity index (χ0) is 27.1. The molecule has 0 amide bonds. The molecule has 3 aromatic carbocycles. The van der Waals surface area contributed by atoms with E-state index in [0.717, 1.165) is 51.7 Å². The van der Waals surface area contributed by atoms with E-state index in [1.165, 1.54) is 31.4 Å². The van der Waals surface area contributed by atoms with Gasteiger partial charge in [0.2, 0.25) is 0 Å². The third-order valence-electron chi connectivity index (χ3n) is 7.17. The number of allylic oxidation sites excluding steroid dienone is 1. The van der Waals surface area contributed by atoms with E-state index in [1.54, 1.807) is 24.4 Å². The summed E-state index contributed by atoms with van der Waals surface area (Å²) in [4.78, 5) is 40.8. The van der Waals surface area contributed by atoms with Crippen LogP contribution in [0.25, 0.3) is 16.5 Å². The third-order valence-corrected chi connectivity index (χ3v) is 7.17. The standard InChI is InChI=1S/C30H23N3O6/c1-38-26-16-18(9-14-25(26)39-30(35)17-7-10-19(11-8-17)33(36)37)29-28-21(4-2-6-24(28)34)27-20-5-3-15-31-22(20)12-13-23(27)32-29/h3,5,7-16,29,32H,2,4,6H2,1H3. The van der Waals surface area contributed by atoms with Gasteiger partial charge in [0.05, 0.1) is 29.2 Å².